The third-order valence-electron chi connectivity index (χ3n) is 3.51. The van der Waals surface area contributed by atoms with Crippen molar-refractivity contribution in [2.24, 2.45) is 0 Å². The van der Waals surface area contributed by atoms with Gasteiger partial charge in [-0.1, -0.05) is 0 Å². The van der Waals surface area contributed by atoms with Gasteiger partial charge in [-0.3, -0.25) is 4.68 Å². The molecule has 1 aromatic rings. The average Bonchev–Trinajstić information content (AvgIpc) is 2.82. The highest BCUT2D eigenvalue weighted by molar-refractivity contribution is 9.10. The zero-order chi connectivity index (χ0) is 15.1. The van der Waals surface area contributed by atoms with Crippen LogP contribution in [0.25, 0.3) is 0 Å². The minimum Gasteiger partial charge on any atom is -0.444 e. The molecule has 6 heteroatoms. The topological polar surface area (TPSA) is 47.4 Å². The van der Waals surface area contributed by atoms with E-state index in [1.807, 2.05) is 32.4 Å². The van der Waals surface area contributed by atoms with Gasteiger partial charge in [0.2, 0.25) is 0 Å². The summed E-state index contributed by atoms with van der Waals surface area (Å²) in [4.78, 5) is 14.0. The van der Waals surface area contributed by atoms with Crippen LogP contribution in [0.3, 0.4) is 0 Å². The van der Waals surface area contributed by atoms with Crippen molar-refractivity contribution in [1.29, 1.82) is 0 Å². The second-order valence-corrected chi connectivity index (χ2v) is 7.25. The molecule has 2 atom stereocenters. The standard InChI is InChI=1S/C14H22BrN3O2/c1-9-6-11(18-10(2)12(15)7-16-18)8-17(9)13(19)20-14(3,4)5/h7,9,11H,6,8H2,1-5H3/t9-,11+/m1/s1. The van der Waals surface area contributed by atoms with Gasteiger partial charge >= 0.3 is 6.09 Å². The molecule has 0 radical (unpaired) electrons. The van der Waals surface area contributed by atoms with Crippen molar-refractivity contribution in [1.82, 2.24) is 14.7 Å². The second kappa shape index (κ2) is 5.39. The molecule has 1 aliphatic rings. The molecule has 1 aliphatic heterocycles. The summed E-state index contributed by atoms with van der Waals surface area (Å²) in [5, 5.41) is 4.39. The van der Waals surface area contributed by atoms with Crippen molar-refractivity contribution in [3.8, 4) is 0 Å². The molecule has 2 heterocycles. The fourth-order valence-corrected chi connectivity index (χ4v) is 2.80. The lowest BCUT2D eigenvalue weighted by Crippen LogP contribution is -2.39. The van der Waals surface area contributed by atoms with Gasteiger partial charge < -0.3 is 9.64 Å². The predicted octanol–water partition coefficient (Wildman–Crippen LogP) is 3.52. The van der Waals surface area contributed by atoms with Crippen molar-refractivity contribution >= 4 is 22.0 Å². The van der Waals surface area contributed by atoms with Gasteiger partial charge in [-0.2, -0.15) is 5.10 Å². The predicted molar refractivity (Wildman–Crippen MR) is 80.7 cm³/mol. The zero-order valence-corrected chi connectivity index (χ0v) is 14.3. The maximum absolute atomic E-state index is 12.2. The molecule has 2 rings (SSSR count). The summed E-state index contributed by atoms with van der Waals surface area (Å²) in [6.07, 6.45) is 2.46. The van der Waals surface area contributed by atoms with E-state index in [4.69, 9.17) is 4.74 Å². The molecule has 1 fully saturated rings. The molecule has 0 aliphatic carbocycles. The summed E-state index contributed by atoms with van der Waals surface area (Å²) in [7, 11) is 0. The molecule has 0 unspecified atom stereocenters. The summed E-state index contributed by atoms with van der Waals surface area (Å²) in [5.74, 6) is 0. The lowest BCUT2D eigenvalue weighted by Gasteiger charge is -2.26. The Bertz CT molecular complexity index is 507. The SMILES string of the molecule is Cc1c(Br)cnn1[C@H]1C[C@@H](C)N(C(=O)OC(C)(C)C)C1. The van der Waals surface area contributed by atoms with E-state index in [1.165, 1.54) is 0 Å². The number of hydrogen-bond acceptors (Lipinski definition) is 3. The number of hydrogen-bond donors (Lipinski definition) is 0. The van der Waals surface area contributed by atoms with E-state index in [-0.39, 0.29) is 18.2 Å². The van der Waals surface area contributed by atoms with E-state index in [0.717, 1.165) is 16.6 Å². The quantitative estimate of drug-likeness (QED) is 0.783. The number of ether oxygens (including phenoxy) is 1. The Hall–Kier alpha value is -1.04. The fourth-order valence-electron chi connectivity index (χ4n) is 2.53. The number of halogens is 1. The van der Waals surface area contributed by atoms with Crippen molar-refractivity contribution in [3.63, 3.8) is 0 Å². The van der Waals surface area contributed by atoms with E-state index in [1.54, 1.807) is 11.1 Å². The van der Waals surface area contributed by atoms with E-state index < -0.39 is 5.60 Å². The molecular weight excluding hydrogens is 322 g/mol. The first kappa shape index (κ1) is 15.4. The third kappa shape index (κ3) is 3.16. The Morgan fingerprint density at radius 3 is 2.65 bits per heavy atom. The first-order valence-electron chi connectivity index (χ1n) is 6.88. The Labute approximate surface area is 128 Å². The van der Waals surface area contributed by atoms with Crippen LogP contribution in [-0.2, 0) is 4.74 Å². The smallest absolute Gasteiger partial charge is 0.410 e. The third-order valence-corrected chi connectivity index (χ3v) is 4.29. The molecule has 0 spiro atoms. The first-order valence-corrected chi connectivity index (χ1v) is 7.67. The molecule has 0 saturated carbocycles. The maximum Gasteiger partial charge on any atom is 0.410 e. The largest absolute Gasteiger partial charge is 0.444 e. The molecular formula is C14H22BrN3O2. The monoisotopic (exact) mass is 343 g/mol. The highest BCUT2D eigenvalue weighted by Gasteiger charge is 2.36. The van der Waals surface area contributed by atoms with Crippen molar-refractivity contribution in [3.05, 3.63) is 16.4 Å². The highest BCUT2D eigenvalue weighted by Crippen LogP contribution is 2.30. The Morgan fingerprint density at radius 2 is 2.15 bits per heavy atom. The van der Waals surface area contributed by atoms with Gasteiger partial charge in [0.1, 0.15) is 5.60 Å². The van der Waals surface area contributed by atoms with Gasteiger partial charge in [0, 0.05) is 18.3 Å². The van der Waals surface area contributed by atoms with Gasteiger partial charge in [0.15, 0.2) is 0 Å². The number of amides is 1. The van der Waals surface area contributed by atoms with Gasteiger partial charge in [0.05, 0.1) is 16.7 Å². The summed E-state index contributed by atoms with van der Waals surface area (Å²) in [5.41, 5.74) is 0.632. The first-order chi connectivity index (χ1) is 9.19. The van der Waals surface area contributed by atoms with Gasteiger partial charge in [-0.05, 0) is 57.0 Å². The fraction of sp³-hybridized carbons (Fsp3) is 0.714. The van der Waals surface area contributed by atoms with Crippen LogP contribution < -0.4 is 0 Å². The van der Waals surface area contributed by atoms with Crippen LogP contribution in [0.15, 0.2) is 10.7 Å². The van der Waals surface area contributed by atoms with E-state index >= 15 is 0 Å². The van der Waals surface area contributed by atoms with Crippen molar-refractivity contribution < 1.29 is 9.53 Å². The van der Waals surface area contributed by atoms with Crippen LogP contribution in [0.2, 0.25) is 0 Å². The van der Waals surface area contributed by atoms with E-state index in [9.17, 15) is 4.79 Å². The number of aromatic nitrogens is 2. The van der Waals surface area contributed by atoms with Crippen molar-refractivity contribution in [2.45, 2.75) is 58.7 Å². The minimum absolute atomic E-state index is 0.164. The molecule has 0 bridgehead atoms. The van der Waals surface area contributed by atoms with Crippen molar-refractivity contribution in [2.75, 3.05) is 6.54 Å². The molecule has 1 aromatic heterocycles. The molecule has 1 amide bonds. The summed E-state index contributed by atoms with van der Waals surface area (Å²) < 4.78 is 8.45. The summed E-state index contributed by atoms with van der Waals surface area (Å²) >= 11 is 3.47. The van der Waals surface area contributed by atoms with Gasteiger partial charge in [0.25, 0.3) is 0 Å². The van der Waals surface area contributed by atoms with Crippen LogP contribution in [0.1, 0.15) is 45.9 Å². The number of likely N-dealkylation sites (tertiary alicyclic amines) is 1. The van der Waals surface area contributed by atoms with Crippen LogP contribution in [0, 0.1) is 6.92 Å². The van der Waals surface area contributed by atoms with Crippen LogP contribution >= 0.6 is 15.9 Å². The average molecular weight is 344 g/mol. The van der Waals surface area contributed by atoms with Gasteiger partial charge in [-0.25, -0.2) is 4.79 Å². The Kier molecular flexibility index (Phi) is 4.14. The number of carbonyl (C=O) groups excluding carboxylic acids is 1. The Morgan fingerprint density at radius 1 is 1.50 bits per heavy atom. The second-order valence-electron chi connectivity index (χ2n) is 6.39. The van der Waals surface area contributed by atoms with Crippen LogP contribution in [-0.4, -0.2) is 39.0 Å². The lowest BCUT2D eigenvalue weighted by molar-refractivity contribution is 0.0234. The van der Waals surface area contributed by atoms with Crippen LogP contribution in [0.5, 0.6) is 0 Å². The highest BCUT2D eigenvalue weighted by atomic mass is 79.9. The minimum atomic E-state index is -0.459. The Balaban J connectivity index is 2.09. The van der Waals surface area contributed by atoms with Gasteiger partial charge in [-0.15, -0.1) is 0 Å². The van der Waals surface area contributed by atoms with Crippen LogP contribution in [0.4, 0.5) is 4.79 Å². The number of rotatable bonds is 1. The molecule has 5 nitrogen and oxygen atoms in total. The molecule has 0 N–H and O–H groups in total. The number of carbonyl (C=O) groups is 1. The van der Waals surface area contributed by atoms with E-state index in [2.05, 4.69) is 28.0 Å². The molecule has 1 saturated heterocycles. The van der Waals surface area contributed by atoms with E-state index in [0.29, 0.717) is 6.54 Å². The molecule has 20 heavy (non-hydrogen) atoms. The normalized spacial score (nSPS) is 23.2. The summed E-state index contributed by atoms with van der Waals surface area (Å²) in [6, 6.07) is 0.376. The molecule has 112 valence electrons. The lowest BCUT2D eigenvalue weighted by atomic mass is 10.2. The number of nitrogens with zero attached hydrogens (tertiary/aromatic N) is 3. The molecule has 0 aromatic carbocycles. The zero-order valence-electron chi connectivity index (χ0n) is 12.7. The summed E-state index contributed by atoms with van der Waals surface area (Å²) in [6.45, 7) is 10.4. The maximum atomic E-state index is 12.2.